The molecule has 0 aliphatic rings. The molecule has 2 aromatic rings. The minimum Gasteiger partial charge on any atom is -0.481 e. The van der Waals surface area contributed by atoms with E-state index >= 15 is 0 Å². The van der Waals surface area contributed by atoms with E-state index in [0.717, 1.165) is 16.8 Å². The van der Waals surface area contributed by atoms with Gasteiger partial charge < -0.3 is 4.74 Å². The maximum Gasteiger partial charge on any atom is 0.216 e. The van der Waals surface area contributed by atoms with Crippen molar-refractivity contribution in [1.82, 2.24) is 9.97 Å². The normalized spacial score (nSPS) is 12.2. The first-order valence-electron chi connectivity index (χ1n) is 5.84. The maximum atomic E-state index is 13.3. The van der Waals surface area contributed by atoms with Crippen molar-refractivity contribution in [3.05, 3.63) is 53.2 Å². The molecule has 0 spiro atoms. The first-order chi connectivity index (χ1) is 9.08. The van der Waals surface area contributed by atoms with Crippen LogP contribution >= 0.6 is 11.6 Å². The molecule has 0 aliphatic carbocycles. The van der Waals surface area contributed by atoms with Crippen LogP contribution in [0.4, 0.5) is 4.39 Å². The average Bonchev–Trinajstić information content (AvgIpc) is 2.37. The van der Waals surface area contributed by atoms with Crippen LogP contribution in [-0.2, 0) is 6.42 Å². The lowest BCUT2D eigenvalue weighted by Crippen LogP contribution is -2.01. The van der Waals surface area contributed by atoms with Crippen LogP contribution in [0.1, 0.15) is 22.2 Å². The highest BCUT2D eigenvalue weighted by Gasteiger charge is 2.12. The predicted molar refractivity (Wildman–Crippen MR) is 72.0 cm³/mol. The van der Waals surface area contributed by atoms with Crippen molar-refractivity contribution in [2.75, 3.05) is 7.11 Å². The zero-order valence-corrected chi connectivity index (χ0v) is 11.5. The molecule has 1 atom stereocenters. The van der Waals surface area contributed by atoms with Gasteiger partial charge in [-0.2, -0.15) is 0 Å². The van der Waals surface area contributed by atoms with Crippen LogP contribution in [0.5, 0.6) is 5.88 Å². The van der Waals surface area contributed by atoms with Crippen LogP contribution in [0.3, 0.4) is 0 Å². The molecule has 0 saturated carbocycles. The number of benzene rings is 1. The molecule has 0 aliphatic heterocycles. The van der Waals surface area contributed by atoms with Gasteiger partial charge in [0.2, 0.25) is 5.88 Å². The fourth-order valence-corrected chi connectivity index (χ4v) is 2.13. The summed E-state index contributed by atoms with van der Waals surface area (Å²) in [7, 11) is 1.54. The zero-order chi connectivity index (χ0) is 13.8. The Morgan fingerprint density at radius 3 is 2.74 bits per heavy atom. The first-order valence-corrected chi connectivity index (χ1v) is 6.28. The molecular weight excluding hydrogens is 267 g/mol. The summed E-state index contributed by atoms with van der Waals surface area (Å²) in [6, 6.07) is 6.52. The van der Waals surface area contributed by atoms with Crippen molar-refractivity contribution in [2.45, 2.75) is 18.7 Å². The van der Waals surface area contributed by atoms with Gasteiger partial charge in [0, 0.05) is 18.2 Å². The summed E-state index contributed by atoms with van der Waals surface area (Å²) in [5.41, 5.74) is 2.35. The molecule has 1 aromatic heterocycles. The second-order valence-electron chi connectivity index (χ2n) is 4.29. The molecule has 19 heavy (non-hydrogen) atoms. The molecule has 0 N–H and O–H groups in total. The van der Waals surface area contributed by atoms with Gasteiger partial charge in [-0.15, -0.1) is 11.6 Å². The van der Waals surface area contributed by atoms with Gasteiger partial charge >= 0.3 is 0 Å². The van der Waals surface area contributed by atoms with Gasteiger partial charge in [0.05, 0.1) is 12.5 Å². The third-order valence-corrected chi connectivity index (χ3v) is 3.13. The maximum absolute atomic E-state index is 13.3. The summed E-state index contributed by atoms with van der Waals surface area (Å²) >= 11 is 6.31. The highest BCUT2D eigenvalue weighted by atomic mass is 35.5. The van der Waals surface area contributed by atoms with Gasteiger partial charge in [0.1, 0.15) is 12.1 Å². The van der Waals surface area contributed by atoms with Crippen LogP contribution in [-0.4, -0.2) is 17.1 Å². The number of aromatic nitrogens is 2. The van der Waals surface area contributed by atoms with Crippen LogP contribution in [0.25, 0.3) is 0 Å². The number of aryl methyl sites for hydroxylation is 1. The van der Waals surface area contributed by atoms with E-state index in [9.17, 15) is 4.39 Å². The Morgan fingerprint density at radius 1 is 1.26 bits per heavy atom. The number of nitrogens with zero attached hydrogens (tertiary/aromatic N) is 2. The number of ether oxygens (including phenoxy) is 1. The topological polar surface area (TPSA) is 35.0 Å². The number of methoxy groups -OCH3 is 1. The minimum atomic E-state index is -0.339. The Hall–Kier alpha value is -1.68. The number of hydrogen-bond donors (Lipinski definition) is 0. The third kappa shape index (κ3) is 3.64. The zero-order valence-electron chi connectivity index (χ0n) is 10.7. The Kier molecular flexibility index (Phi) is 4.32. The average molecular weight is 281 g/mol. The Balaban J connectivity index is 2.17. The molecule has 2 rings (SSSR count). The van der Waals surface area contributed by atoms with E-state index in [1.807, 2.05) is 13.0 Å². The van der Waals surface area contributed by atoms with Crippen LogP contribution < -0.4 is 4.74 Å². The second-order valence-corrected chi connectivity index (χ2v) is 4.81. The molecule has 0 bridgehead atoms. The molecular formula is C14H14ClFN2O. The SMILES string of the molecule is COc1cc(CC(Cl)c2cc(C)cc(F)c2)ncn1. The summed E-state index contributed by atoms with van der Waals surface area (Å²) in [6.07, 6.45) is 1.91. The standard InChI is InChI=1S/C14H14ClFN2O/c1-9-3-10(5-11(16)4-9)13(15)6-12-7-14(19-2)18-8-17-12/h3-5,7-8,13H,6H2,1-2H3. The molecule has 1 heterocycles. The molecule has 1 aromatic carbocycles. The van der Waals surface area contributed by atoms with E-state index in [0.29, 0.717) is 12.3 Å². The minimum absolute atomic E-state index is 0.277. The lowest BCUT2D eigenvalue weighted by atomic mass is 10.0. The summed E-state index contributed by atoms with van der Waals surface area (Å²) < 4.78 is 18.4. The van der Waals surface area contributed by atoms with Crippen LogP contribution in [0, 0.1) is 12.7 Å². The highest BCUT2D eigenvalue weighted by Crippen LogP contribution is 2.26. The van der Waals surface area contributed by atoms with Crippen molar-refractivity contribution in [3.63, 3.8) is 0 Å². The Bertz CT molecular complexity index is 557. The monoisotopic (exact) mass is 280 g/mol. The summed E-state index contributed by atoms with van der Waals surface area (Å²) in [4.78, 5) is 8.06. The molecule has 100 valence electrons. The van der Waals surface area contributed by atoms with E-state index in [-0.39, 0.29) is 11.2 Å². The number of alkyl halides is 1. The molecule has 0 amide bonds. The van der Waals surface area contributed by atoms with Crippen molar-refractivity contribution in [2.24, 2.45) is 0 Å². The van der Waals surface area contributed by atoms with Crippen molar-refractivity contribution in [3.8, 4) is 5.88 Å². The number of halogens is 2. The lowest BCUT2D eigenvalue weighted by Gasteiger charge is -2.11. The second kappa shape index (κ2) is 5.97. The molecule has 0 radical (unpaired) electrons. The lowest BCUT2D eigenvalue weighted by molar-refractivity contribution is 0.396. The van der Waals surface area contributed by atoms with E-state index in [2.05, 4.69) is 9.97 Å². The van der Waals surface area contributed by atoms with Gasteiger partial charge in [0.15, 0.2) is 0 Å². The van der Waals surface area contributed by atoms with Crippen LogP contribution in [0.2, 0.25) is 0 Å². The summed E-state index contributed by atoms with van der Waals surface area (Å²) in [5, 5.41) is -0.339. The van der Waals surface area contributed by atoms with Crippen LogP contribution in [0.15, 0.2) is 30.6 Å². The van der Waals surface area contributed by atoms with Crippen molar-refractivity contribution in [1.29, 1.82) is 0 Å². The van der Waals surface area contributed by atoms with Gasteiger partial charge in [-0.3, -0.25) is 0 Å². The van der Waals surface area contributed by atoms with E-state index < -0.39 is 0 Å². The van der Waals surface area contributed by atoms with E-state index in [4.69, 9.17) is 16.3 Å². The summed E-state index contributed by atoms with van der Waals surface area (Å²) in [6.45, 7) is 1.84. The van der Waals surface area contributed by atoms with Gasteiger partial charge in [-0.1, -0.05) is 6.07 Å². The highest BCUT2D eigenvalue weighted by molar-refractivity contribution is 6.20. The Labute approximate surface area is 116 Å². The molecule has 3 nitrogen and oxygen atoms in total. The smallest absolute Gasteiger partial charge is 0.216 e. The summed E-state index contributed by atoms with van der Waals surface area (Å²) in [5.74, 6) is 0.213. The molecule has 5 heteroatoms. The van der Waals surface area contributed by atoms with E-state index in [1.54, 1.807) is 13.2 Å². The largest absolute Gasteiger partial charge is 0.481 e. The van der Waals surface area contributed by atoms with E-state index in [1.165, 1.54) is 18.5 Å². The predicted octanol–water partition coefficient (Wildman–Crippen LogP) is 3.46. The van der Waals surface area contributed by atoms with Gasteiger partial charge in [-0.05, 0) is 30.2 Å². The quantitative estimate of drug-likeness (QED) is 0.805. The van der Waals surface area contributed by atoms with Gasteiger partial charge in [-0.25, -0.2) is 14.4 Å². The van der Waals surface area contributed by atoms with Crippen molar-refractivity contribution >= 4 is 11.6 Å². The Morgan fingerprint density at radius 2 is 2.05 bits per heavy atom. The fourth-order valence-electron chi connectivity index (χ4n) is 1.85. The number of rotatable bonds is 4. The first kappa shape index (κ1) is 13.7. The molecule has 1 unspecified atom stereocenters. The molecule has 0 saturated heterocycles. The van der Waals surface area contributed by atoms with Crippen molar-refractivity contribution < 1.29 is 9.13 Å². The van der Waals surface area contributed by atoms with Gasteiger partial charge in [0.25, 0.3) is 0 Å². The third-order valence-electron chi connectivity index (χ3n) is 2.72. The number of hydrogen-bond acceptors (Lipinski definition) is 3. The fraction of sp³-hybridized carbons (Fsp3) is 0.286. The molecule has 0 fully saturated rings.